The third kappa shape index (κ3) is 5.48. The van der Waals surface area contributed by atoms with E-state index in [1.165, 1.54) is 14.2 Å². The summed E-state index contributed by atoms with van der Waals surface area (Å²) >= 11 is 0. The molecule has 0 saturated carbocycles. The van der Waals surface area contributed by atoms with Crippen molar-refractivity contribution in [2.24, 2.45) is 0 Å². The number of methoxy groups -OCH3 is 2. The third-order valence-electron chi connectivity index (χ3n) is 5.00. The second kappa shape index (κ2) is 9.43. The lowest BCUT2D eigenvalue weighted by molar-refractivity contribution is -0.132. The number of amides is 2. The highest BCUT2D eigenvalue weighted by molar-refractivity contribution is 6.04. The number of nitrogens with zero attached hydrogens (tertiary/aromatic N) is 1. The number of anilines is 1. The Morgan fingerprint density at radius 3 is 2.17 bits per heavy atom. The minimum Gasteiger partial charge on any atom is -0.497 e. The summed E-state index contributed by atoms with van der Waals surface area (Å²) < 4.78 is 10.4. The molecular weight excluding hydrogens is 372 g/mol. The Morgan fingerprint density at radius 1 is 1.03 bits per heavy atom. The molecule has 3 rings (SSSR count). The minimum atomic E-state index is -0.300. The molecule has 0 aliphatic carbocycles. The lowest BCUT2D eigenvalue weighted by Gasteiger charge is -2.29. The van der Waals surface area contributed by atoms with E-state index in [-0.39, 0.29) is 17.9 Å². The summed E-state index contributed by atoms with van der Waals surface area (Å²) in [4.78, 5) is 26.7. The number of carbonyl (C=O) groups is 2. The van der Waals surface area contributed by atoms with Crippen molar-refractivity contribution >= 4 is 17.5 Å². The van der Waals surface area contributed by atoms with Gasteiger partial charge in [0.1, 0.15) is 11.5 Å². The number of aliphatic hydroxyl groups excluding tert-OH is 1. The maximum atomic E-state index is 12.5. The van der Waals surface area contributed by atoms with E-state index in [0.717, 1.165) is 5.56 Å². The number of nitrogens with one attached hydrogen (secondary N) is 1. The van der Waals surface area contributed by atoms with Crippen molar-refractivity contribution in [3.05, 3.63) is 53.6 Å². The van der Waals surface area contributed by atoms with Crippen molar-refractivity contribution in [1.82, 2.24) is 4.90 Å². The molecule has 2 aromatic carbocycles. The number of piperidine rings is 1. The van der Waals surface area contributed by atoms with Gasteiger partial charge in [-0.1, -0.05) is 12.1 Å². The summed E-state index contributed by atoms with van der Waals surface area (Å²) in [7, 11) is 3.06. The van der Waals surface area contributed by atoms with E-state index in [1.54, 1.807) is 35.2 Å². The van der Waals surface area contributed by atoms with E-state index in [0.29, 0.717) is 55.1 Å². The smallest absolute Gasteiger partial charge is 0.255 e. The quantitative estimate of drug-likeness (QED) is 0.781. The van der Waals surface area contributed by atoms with Gasteiger partial charge in [0.05, 0.1) is 26.7 Å². The minimum absolute atomic E-state index is 0.0529. The van der Waals surface area contributed by atoms with Gasteiger partial charge in [-0.15, -0.1) is 0 Å². The second-order valence-electron chi connectivity index (χ2n) is 7.04. The summed E-state index contributed by atoms with van der Waals surface area (Å²) in [5.41, 5.74) is 1.93. The zero-order valence-electron chi connectivity index (χ0n) is 16.7. The molecule has 0 aromatic heterocycles. The van der Waals surface area contributed by atoms with Crippen LogP contribution in [0.5, 0.6) is 11.5 Å². The molecule has 154 valence electrons. The van der Waals surface area contributed by atoms with Gasteiger partial charge in [-0.3, -0.25) is 9.59 Å². The second-order valence-corrected chi connectivity index (χ2v) is 7.04. The summed E-state index contributed by atoms with van der Waals surface area (Å²) in [6.45, 7) is 1.19. The fourth-order valence-electron chi connectivity index (χ4n) is 3.25. The van der Waals surface area contributed by atoms with Gasteiger partial charge in [-0.25, -0.2) is 0 Å². The predicted octanol–water partition coefficient (Wildman–Crippen LogP) is 2.48. The van der Waals surface area contributed by atoms with Crippen LogP contribution >= 0.6 is 0 Å². The van der Waals surface area contributed by atoms with Crippen molar-refractivity contribution in [1.29, 1.82) is 0 Å². The number of rotatable bonds is 6. The van der Waals surface area contributed by atoms with E-state index < -0.39 is 0 Å². The SMILES string of the molecule is COc1cc(OC)cc(C(=O)Nc2ccc(CC(=O)N3CCC(O)CC3)cc2)c1. The molecule has 0 bridgehead atoms. The molecule has 7 heteroatoms. The number of aliphatic hydroxyl groups is 1. The van der Waals surface area contributed by atoms with Crippen LogP contribution in [0.4, 0.5) is 5.69 Å². The number of carbonyl (C=O) groups excluding carboxylic acids is 2. The normalized spacial score (nSPS) is 14.4. The molecule has 29 heavy (non-hydrogen) atoms. The van der Waals surface area contributed by atoms with Gasteiger partial charge >= 0.3 is 0 Å². The highest BCUT2D eigenvalue weighted by atomic mass is 16.5. The highest BCUT2D eigenvalue weighted by Crippen LogP contribution is 2.23. The molecular formula is C22H26N2O5. The van der Waals surface area contributed by atoms with Crippen LogP contribution in [0.15, 0.2) is 42.5 Å². The molecule has 0 unspecified atom stereocenters. The van der Waals surface area contributed by atoms with E-state index in [1.807, 2.05) is 12.1 Å². The van der Waals surface area contributed by atoms with Crippen molar-refractivity contribution in [2.45, 2.75) is 25.4 Å². The fraction of sp³-hybridized carbons (Fsp3) is 0.364. The van der Waals surface area contributed by atoms with Crippen LogP contribution in [0.2, 0.25) is 0 Å². The zero-order chi connectivity index (χ0) is 20.8. The van der Waals surface area contributed by atoms with Gasteiger partial charge in [0.15, 0.2) is 0 Å². The van der Waals surface area contributed by atoms with E-state index in [4.69, 9.17) is 9.47 Å². The van der Waals surface area contributed by atoms with Gasteiger partial charge in [0, 0.05) is 30.4 Å². The first-order valence-electron chi connectivity index (χ1n) is 9.57. The summed E-state index contributed by atoms with van der Waals surface area (Å²) in [6, 6.07) is 12.2. The Labute approximate surface area is 170 Å². The average molecular weight is 398 g/mol. The molecule has 0 atom stereocenters. The molecule has 7 nitrogen and oxygen atoms in total. The molecule has 1 heterocycles. The summed E-state index contributed by atoms with van der Waals surface area (Å²) in [5, 5.41) is 12.4. The Hall–Kier alpha value is -3.06. The number of hydrogen-bond donors (Lipinski definition) is 2. The zero-order valence-corrected chi connectivity index (χ0v) is 16.7. The Morgan fingerprint density at radius 2 is 1.62 bits per heavy atom. The third-order valence-corrected chi connectivity index (χ3v) is 5.00. The van der Waals surface area contributed by atoms with Gasteiger partial charge in [0.25, 0.3) is 5.91 Å². The van der Waals surface area contributed by atoms with Crippen LogP contribution in [0.3, 0.4) is 0 Å². The molecule has 1 aliphatic heterocycles. The van der Waals surface area contributed by atoms with Crippen LogP contribution in [0.25, 0.3) is 0 Å². The van der Waals surface area contributed by atoms with Crippen molar-refractivity contribution in [2.75, 3.05) is 32.6 Å². The molecule has 0 spiro atoms. The molecule has 1 aliphatic rings. The molecule has 1 fully saturated rings. The lowest BCUT2D eigenvalue weighted by Crippen LogP contribution is -2.40. The predicted molar refractivity (Wildman–Crippen MR) is 109 cm³/mol. The van der Waals surface area contributed by atoms with Crippen molar-refractivity contribution in [3.63, 3.8) is 0 Å². The first kappa shape index (κ1) is 20.7. The molecule has 2 aromatic rings. The standard InChI is InChI=1S/C22H26N2O5/c1-28-19-12-16(13-20(14-19)29-2)22(27)23-17-5-3-15(4-6-17)11-21(26)24-9-7-18(25)8-10-24/h3-6,12-14,18,25H,7-11H2,1-2H3,(H,23,27). The monoisotopic (exact) mass is 398 g/mol. The largest absolute Gasteiger partial charge is 0.497 e. The van der Waals surface area contributed by atoms with E-state index in [2.05, 4.69) is 5.32 Å². The van der Waals surface area contributed by atoms with Crippen molar-refractivity contribution in [3.8, 4) is 11.5 Å². The summed E-state index contributed by atoms with van der Waals surface area (Å²) in [5.74, 6) is 0.845. The molecule has 2 N–H and O–H groups in total. The van der Waals surface area contributed by atoms with Crippen LogP contribution in [0, 0.1) is 0 Å². The van der Waals surface area contributed by atoms with Crippen molar-refractivity contribution < 1.29 is 24.2 Å². The molecule has 1 saturated heterocycles. The average Bonchev–Trinajstić information content (AvgIpc) is 2.75. The molecule has 0 radical (unpaired) electrons. The number of ether oxygens (including phenoxy) is 2. The lowest BCUT2D eigenvalue weighted by atomic mass is 10.1. The number of likely N-dealkylation sites (tertiary alicyclic amines) is 1. The van der Waals surface area contributed by atoms with E-state index in [9.17, 15) is 14.7 Å². The summed E-state index contributed by atoms with van der Waals surface area (Å²) in [6.07, 6.45) is 1.26. The maximum Gasteiger partial charge on any atom is 0.255 e. The Bertz CT molecular complexity index is 836. The van der Waals surface area contributed by atoms with Gasteiger partial charge in [-0.2, -0.15) is 0 Å². The fourth-order valence-corrected chi connectivity index (χ4v) is 3.25. The number of benzene rings is 2. The maximum absolute atomic E-state index is 12.5. The van der Waals surface area contributed by atoms with Gasteiger partial charge in [-0.05, 0) is 42.7 Å². The first-order valence-corrected chi connectivity index (χ1v) is 9.57. The van der Waals surface area contributed by atoms with Crippen LogP contribution in [-0.2, 0) is 11.2 Å². The highest BCUT2D eigenvalue weighted by Gasteiger charge is 2.21. The van der Waals surface area contributed by atoms with Crippen LogP contribution < -0.4 is 14.8 Å². The molecule has 2 amide bonds. The number of hydrogen-bond acceptors (Lipinski definition) is 5. The first-order chi connectivity index (χ1) is 14.0. The Kier molecular flexibility index (Phi) is 6.72. The van der Waals surface area contributed by atoms with Gasteiger partial charge in [0.2, 0.25) is 5.91 Å². The van der Waals surface area contributed by atoms with Gasteiger partial charge < -0.3 is 24.8 Å². The van der Waals surface area contributed by atoms with Crippen LogP contribution in [0.1, 0.15) is 28.8 Å². The Balaban J connectivity index is 1.60. The topological polar surface area (TPSA) is 88.1 Å². The van der Waals surface area contributed by atoms with E-state index >= 15 is 0 Å². The van der Waals surface area contributed by atoms with Crippen LogP contribution in [-0.4, -0.2) is 55.2 Å².